The molecule has 0 N–H and O–H groups in total. The number of ether oxygens (including phenoxy) is 1. The van der Waals surface area contributed by atoms with E-state index in [9.17, 15) is 9.59 Å². The van der Waals surface area contributed by atoms with E-state index in [0.29, 0.717) is 23.5 Å². The number of rotatable bonds is 6. The Morgan fingerprint density at radius 2 is 1.33 bits per heavy atom. The number of carbonyl (C=O) groups is 2. The van der Waals surface area contributed by atoms with Gasteiger partial charge in [0.2, 0.25) is 0 Å². The van der Waals surface area contributed by atoms with Crippen molar-refractivity contribution < 1.29 is 14.3 Å². The third-order valence-electron chi connectivity index (χ3n) is 5.85. The molecule has 24 heavy (non-hydrogen) atoms. The minimum Gasteiger partial charge on any atom is -0.459 e. The summed E-state index contributed by atoms with van der Waals surface area (Å²) in [6.07, 6.45) is 9.89. The Labute approximate surface area is 146 Å². The van der Waals surface area contributed by atoms with Crippen molar-refractivity contribution in [2.45, 2.75) is 77.7 Å². The first-order valence-corrected chi connectivity index (χ1v) is 9.42. The predicted molar refractivity (Wildman–Crippen MR) is 96.5 cm³/mol. The highest BCUT2D eigenvalue weighted by atomic mass is 16.5. The molecule has 0 atom stereocenters. The lowest BCUT2D eigenvalue weighted by molar-refractivity contribution is -0.146. The van der Waals surface area contributed by atoms with Crippen molar-refractivity contribution in [1.82, 2.24) is 0 Å². The second-order valence-corrected chi connectivity index (χ2v) is 7.91. The first-order chi connectivity index (χ1) is 11.4. The van der Waals surface area contributed by atoms with Gasteiger partial charge in [-0.2, -0.15) is 0 Å². The smallest absolute Gasteiger partial charge is 0.333 e. The Bertz CT molecular complexity index is 443. The molecule has 0 aromatic carbocycles. The lowest BCUT2D eigenvalue weighted by Crippen LogP contribution is -2.30. The average Bonchev–Trinajstić information content (AvgIpc) is 2.56. The summed E-state index contributed by atoms with van der Waals surface area (Å²) in [7, 11) is 0. The van der Waals surface area contributed by atoms with Crippen LogP contribution < -0.4 is 0 Å². The summed E-state index contributed by atoms with van der Waals surface area (Å²) in [5.74, 6) is 2.10. The van der Waals surface area contributed by atoms with Crippen LogP contribution in [0.3, 0.4) is 0 Å². The highest BCUT2D eigenvalue weighted by Gasteiger charge is 2.32. The standard InChI is InChI=1S/C21H32O3/c1-14(2)20(22)13-16-5-7-17(8-6-16)18-9-11-19(12-10-18)24-21(23)15(3)4/h16-19H,1,3,5-13H2,2,4H3. The van der Waals surface area contributed by atoms with Crippen LogP contribution in [-0.4, -0.2) is 17.9 Å². The predicted octanol–water partition coefficient (Wildman–Crippen LogP) is 5.01. The molecule has 0 amide bonds. The lowest BCUT2D eigenvalue weighted by Gasteiger charge is -2.37. The van der Waals surface area contributed by atoms with Gasteiger partial charge >= 0.3 is 5.97 Å². The van der Waals surface area contributed by atoms with E-state index < -0.39 is 0 Å². The Morgan fingerprint density at radius 3 is 1.79 bits per heavy atom. The van der Waals surface area contributed by atoms with Crippen molar-refractivity contribution >= 4 is 11.8 Å². The van der Waals surface area contributed by atoms with Crippen LogP contribution in [0.25, 0.3) is 0 Å². The number of allylic oxidation sites excluding steroid dienone is 1. The first kappa shape index (κ1) is 19.0. The molecule has 0 unspecified atom stereocenters. The molecule has 134 valence electrons. The van der Waals surface area contributed by atoms with Gasteiger partial charge in [0, 0.05) is 12.0 Å². The van der Waals surface area contributed by atoms with Gasteiger partial charge in [0.1, 0.15) is 6.10 Å². The topological polar surface area (TPSA) is 43.4 Å². The zero-order chi connectivity index (χ0) is 17.7. The molecule has 2 saturated carbocycles. The zero-order valence-corrected chi connectivity index (χ0v) is 15.3. The van der Waals surface area contributed by atoms with E-state index in [1.54, 1.807) is 6.92 Å². The van der Waals surface area contributed by atoms with Crippen molar-refractivity contribution in [2.75, 3.05) is 0 Å². The quantitative estimate of drug-likeness (QED) is 0.507. The summed E-state index contributed by atoms with van der Waals surface area (Å²) < 4.78 is 5.49. The van der Waals surface area contributed by atoms with Gasteiger partial charge in [-0.05, 0) is 88.5 Å². The molecule has 2 aliphatic carbocycles. The highest BCUT2D eigenvalue weighted by molar-refractivity contribution is 5.94. The van der Waals surface area contributed by atoms with Crippen molar-refractivity contribution in [1.29, 1.82) is 0 Å². The fourth-order valence-corrected chi connectivity index (χ4v) is 4.23. The third-order valence-corrected chi connectivity index (χ3v) is 5.85. The summed E-state index contributed by atoms with van der Waals surface area (Å²) in [4.78, 5) is 23.4. The fraction of sp³-hybridized carbons (Fsp3) is 0.714. The third kappa shape index (κ3) is 5.32. The molecule has 0 bridgehead atoms. The fourth-order valence-electron chi connectivity index (χ4n) is 4.23. The number of hydrogen-bond acceptors (Lipinski definition) is 3. The minimum atomic E-state index is -0.249. The average molecular weight is 332 g/mol. The molecule has 0 heterocycles. The molecule has 0 radical (unpaired) electrons. The van der Waals surface area contributed by atoms with Gasteiger partial charge < -0.3 is 4.74 Å². The molecule has 0 saturated heterocycles. The van der Waals surface area contributed by atoms with E-state index >= 15 is 0 Å². The van der Waals surface area contributed by atoms with Gasteiger partial charge in [0.25, 0.3) is 0 Å². The Balaban J connectivity index is 1.70. The van der Waals surface area contributed by atoms with Gasteiger partial charge in [-0.25, -0.2) is 4.79 Å². The lowest BCUT2D eigenvalue weighted by atomic mass is 9.70. The Kier molecular flexibility index (Phi) is 6.82. The summed E-state index contributed by atoms with van der Waals surface area (Å²) in [6.45, 7) is 10.9. The second-order valence-electron chi connectivity index (χ2n) is 7.91. The van der Waals surface area contributed by atoms with Crippen LogP contribution in [0.2, 0.25) is 0 Å². The molecular formula is C21H32O3. The van der Waals surface area contributed by atoms with Gasteiger partial charge in [0.15, 0.2) is 5.78 Å². The van der Waals surface area contributed by atoms with Crippen LogP contribution in [0.1, 0.15) is 71.6 Å². The molecule has 0 aromatic rings. The molecule has 0 spiro atoms. The van der Waals surface area contributed by atoms with E-state index in [-0.39, 0.29) is 17.9 Å². The Morgan fingerprint density at radius 1 is 0.833 bits per heavy atom. The summed E-state index contributed by atoms with van der Waals surface area (Å²) >= 11 is 0. The zero-order valence-electron chi connectivity index (χ0n) is 15.3. The van der Waals surface area contributed by atoms with E-state index in [1.165, 1.54) is 25.7 Å². The van der Waals surface area contributed by atoms with Gasteiger partial charge in [-0.3, -0.25) is 4.79 Å². The molecular weight excluding hydrogens is 300 g/mol. The van der Waals surface area contributed by atoms with Crippen LogP contribution >= 0.6 is 0 Å². The molecule has 0 aliphatic heterocycles. The summed E-state index contributed by atoms with van der Waals surface area (Å²) in [5, 5.41) is 0. The SMILES string of the molecule is C=C(C)C(=O)CC1CCC(C2CCC(OC(=O)C(=C)C)CC2)CC1. The monoisotopic (exact) mass is 332 g/mol. The normalized spacial score (nSPS) is 30.4. The first-order valence-electron chi connectivity index (χ1n) is 9.42. The van der Waals surface area contributed by atoms with Crippen molar-refractivity contribution in [2.24, 2.45) is 17.8 Å². The number of esters is 1. The number of hydrogen-bond donors (Lipinski definition) is 0. The largest absolute Gasteiger partial charge is 0.459 e. The van der Waals surface area contributed by atoms with E-state index in [2.05, 4.69) is 13.2 Å². The van der Waals surface area contributed by atoms with Gasteiger partial charge in [-0.1, -0.05) is 13.2 Å². The number of ketones is 1. The maximum Gasteiger partial charge on any atom is 0.333 e. The summed E-state index contributed by atoms with van der Waals surface area (Å²) in [5.41, 5.74) is 1.18. The minimum absolute atomic E-state index is 0.0787. The number of Topliss-reactive ketones (excluding diaryl/α,β-unsaturated/α-hetero) is 1. The van der Waals surface area contributed by atoms with Crippen molar-refractivity contribution in [3.05, 3.63) is 24.3 Å². The molecule has 2 rings (SSSR count). The second kappa shape index (κ2) is 8.64. The van der Waals surface area contributed by atoms with Crippen LogP contribution in [-0.2, 0) is 14.3 Å². The van der Waals surface area contributed by atoms with Crippen LogP contribution in [0, 0.1) is 17.8 Å². The van der Waals surface area contributed by atoms with Crippen LogP contribution in [0.4, 0.5) is 0 Å². The molecule has 0 aromatic heterocycles. The Hall–Kier alpha value is -1.38. The van der Waals surface area contributed by atoms with Crippen LogP contribution in [0.5, 0.6) is 0 Å². The summed E-state index contributed by atoms with van der Waals surface area (Å²) in [6, 6.07) is 0. The highest BCUT2D eigenvalue weighted by Crippen LogP contribution is 2.41. The van der Waals surface area contributed by atoms with E-state index in [0.717, 1.165) is 37.5 Å². The maximum absolute atomic E-state index is 11.8. The van der Waals surface area contributed by atoms with Crippen LogP contribution in [0.15, 0.2) is 24.3 Å². The van der Waals surface area contributed by atoms with E-state index in [4.69, 9.17) is 4.74 Å². The van der Waals surface area contributed by atoms with Crippen molar-refractivity contribution in [3.63, 3.8) is 0 Å². The van der Waals surface area contributed by atoms with Crippen molar-refractivity contribution in [3.8, 4) is 0 Å². The number of carbonyl (C=O) groups excluding carboxylic acids is 2. The van der Waals surface area contributed by atoms with Gasteiger partial charge in [-0.15, -0.1) is 0 Å². The molecule has 3 heteroatoms. The molecule has 2 fully saturated rings. The molecule has 3 nitrogen and oxygen atoms in total. The maximum atomic E-state index is 11.8. The molecule has 2 aliphatic rings. The van der Waals surface area contributed by atoms with E-state index in [1.807, 2.05) is 6.92 Å². The van der Waals surface area contributed by atoms with Gasteiger partial charge in [0.05, 0.1) is 0 Å².